The van der Waals surface area contributed by atoms with E-state index in [1.165, 1.54) is 12.5 Å². The third kappa shape index (κ3) is 3.85. The van der Waals surface area contributed by atoms with Crippen molar-refractivity contribution in [2.45, 2.75) is 57.2 Å². The van der Waals surface area contributed by atoms with Gasteiger partial charge in [-0.2, -0.15) is 11.8 Å². The Balaban J connectivity index is 2.09. The Hall–Kier alpha value is -1.43. The third-order valence-corrected chi connectivity index (χ3v) is 5.31. The van der Waals surface area contributed by atoms with Crippen LogP contribution in [-0.2, 0) is 6.42 Å². The number of amides is 1. The molecule has 1 fully saturated rings. The summed E-state index contributed by atoms with van der Waals surface area (Å²) in [6.07, 6.45) is 4.85. The van der Waals surface area contributed by atoms with E-state index < -0.39 is 5.97 Å². The lowest BCUT2D eigenvalue weighted by atomic mass is 9.95. The van der Waals surface area contributed by atoms with Gasteiger partial charge in [0.25, 0.3) is 5.91 Å². The molecule has 22 heavy (non-hydrogen) atoms. The Morgan fingerprint density at radius 3 is 2.68 bits per heavy atom. The van der Waals surface area contributed by atoms with E-state index in [1.807, 2.05) is 18.7 Å². The lowest BCUT2D eigenvalue weighted by molar-refractivity contribution is 0.0694. The summed E-state index contributed by atoms with van der Waals surface area (Å²) < 4.78 is 5.42. The molecule has 1 saturated carbocycles. The smallest absolute Gasteiger partial charge is 0.339 e. The van der Waals surface area contributed by atoms with Gasteiger partial charge in [-0.25, -0.2) is 4.79 Å². The maximum absolute atomic E-state index is 12.4. The summed E-state index contributed by atoms with van der Waals surface area (Å²) in [5.74, 6) is 0.106. The van der Waals surface area contributed by atoms with Crippen molar-refractivity contribution in [2.24, 2.45) is 0 Å². The second kappa shape index (κ2) is 7.72. The number of furan rings is 1. The molecule has 6 heteroatoms. The highest BCUT2D eigenvalue weighted by Gasteiger charge is 2.28. The lowest BCUT2D eigenvalue weighted by Crippen LogP contribution is -2.43. The predicted octanol–water partition coefficient (Wildman–Crippen LogP) is 3.33. The summed E-state index contributed by atoms with van der Waals surface area (Å²) in [5, 5.41) is 12.6. The molecule has 0 aromatic carbocycles. The Kier molecular flexibility index (Phi) is 5.94. The number of aryl methyl sites for hydroxylation is 1. The number of rotatable bonds is 6. The van der Waals surface area contributed by atoms with Gasteiger partial charge in [0.2, 0.25) is 0 Å². The zero-order valence-corrected chi connectivity index (χ0v) is 13.9. The SMILES string of the molecule is CCSC1CCCCC1NC(=O)c1cc(C(=O)O)c(CC)o1. The summed E-state index contributed by atoms with van der Waals surface area (Å²) in [4.78, 5) is 23.5. The molecular weight excluding hydrogens is 302 g/mol. The Bertz CT molecular complexity index is 538. The average molecular weight is 325 g/mol. The molecule has 0 radical (unpaired) electrons. The molecule has 2 atom stereocenters. The van der Waals surface area contributed by atoms with Crippen LogP contribution in [0, 0.1) is 0 Å². The zero-order valence-electron chi connectivity index (χ0n) is 13.1. The normalized spacial score (nSPS) is 21.5. The van der Waals surface area contributed by atoms with Gasteiger partial charge in [-0.15, -0.1) is 0 Å². The molecule has 2 N–H and O–H groups in total. The average Bonchev–Trinajstić information content (AvgIpc) is 2.94. The van der Waals surface area contributed by atoms with Crippen LogP contribution in [-0.4, -0.2) is 34.0 Å². The van der Waals surface area contributed by atoms with Gasteiger partial charge in [0.05, 0.1) is 0 Å². The molecular formula is C16H23NO4S. The van der Waals surface area contributed by atoms with Gasteiger partial charge < -0.3 is 14.8 Å². The fourth-order valence-corrected chi connectivity index (χ4v) is 4.10. The van der Waals surface area contributed by atoms with E-state index in [-0.39, 0.29) is 23.3 Å². The topological polar surface area (TPSA) is 79.5 Å². The molecule has 5 nitrogen and oxygen atoms in total. The summed E-state index contributed by atoms with van der Waals surface area (Å²) in [6, 6.07) is 1.47. The lowest BCUT2D eigenvalue weighted by Gasteiger charge is -2.31. The van der Waals surface area contributed by atoms with Crippen molar-refractivity contribution in [3.8, 4) is 0 Å². The molecule has 122 valence electrons. The summed E-state index contributed by atoms with van der Waals surface area (Å²) in [6.45, 7) is 3.93. The molecule has 2 rings (SSSR count). The predicted molar refractivity (Wildman–Crippen MR) is 86.7 cm³/mol. The van der Waals surface area contributed by atoms with Crippen molar-refractivity contribution in [3.05, 3.63) is 23.2 Å². The molecule has 1 aromatic heterocycles. The molecule has 2 unspecified atom stereocenters. The minimum absolute atomic E-state index is 0.0794. The number of carbonyl (C=O) groups excluding carboxylic acids is 1. The minimum atomic E-state index is -1.06. The van der Waals surface area contributed by atoms with Gasteiger partial charge in [-0.05, 0) is 18.6 Å². The highest BCUT2D eigenvalue weighted by atomic mass is 32.2. The van der Waals surface area contributed by atoms with Crippen molar-refractivity contribution >= 4 is 23.6 Å². The van der Waals surface area contributed by atoms with Gasteiger partial charge in [0.15, 0.2) is 5.76 Å². The van der Waals surface area contributed by atoms with Gasteiger partial charge >= 0.3 is 5.97 Å². The second-order valence-electron chi connectivity index (χ2n) is 5.46. The van der Waals surface area contributed by atoms with E-state index in [0.29, 0.717) is 17.4 Å². The van der Waals surface area contributed by atoms with Crippen LogP contribution in [0.4, 0.5) is 0 Å². The monoisotopic (exact) mass is 325 g/mol. The summed E-state index contributed by atoms with van der Waals surface area (Å²) in [7, 11) is 0. The molecule has 1 aromatic rings. The highest BCUT2D eigenvalue weighted by Crippen LogP contribution is 2.29. The third-order valence-electron chi connectivity index (χ3n) is 3.98. The number of carbonyl (C=O) groups is 2. The van der Waals surface area contributed by atoms with Crippen molar-refractivity contribution in [1.29, 1.82) is 0 Å². The van der Waals surface area contributed by atoms with Crippen LogP contribution in [0.1, 0.15) is 66.2 Å². The van der Waals surface area contributed by atoms with Crippen molar-refractivity contribution < 1.29 is 19.1 Å². The van der Waals surface area contributed by atoms with Crippen molar-refractivity contribution in [2.75, 3.05) is 5.75 Å². The molecule has 0 bridgehead atoms. The van der Waals surface area contributed by atoms with Gasteiger partial charge in [-0.3, -0.25) is 4.79 Å². The van der Waals surface area contributed by atoms with Gasteiger partial charge in [0, 0.05) is 23.8 Å². The maximum Gasteiger partial charge on any atom is 0.339 e. The van der Waals surface area contributed by atoms with Crippen LogP contribution in [0.25, 0.3) is 0 Å². The number of aromatic carboxylic acids is 1. The zero-order chi connectivity index (χ0) is 16.1. The first kappa shape index (κ1) is 16.9. The summed E-state index contributed by atoms with van der Waals surface area (Å²) in [5.41, 5.74) is 0.0794. The Morgan fingerprint density at radius 1 is 1.36 bits per heavy atom. The number of hydrogen-bond acceptors (Lipinski definition) is 4. The van der Waals surface area contributed by atoms with Crippen LogP contribution in [0.2, 0.25) is 0 Å². The molecule has 0 saturated heterocycles. The van der Waals surface area contributed by atoms with Crippen LogP contribution < -0.4 is 5.32 Å². The van der Waals surface area contributed by atoms with Crippen LogP contribution in [0.5, 0.6) is 0 Å². The van der Waals surface area contributed by atoms with Crippen LogP contribution in [0.3, 0.4) is 0 Å². The van der Waals surface area contributed by atoms with Crippen LogP contribution >= 0.6 is 11.8 Å². The molecule has 1 aliphatic rings. The van der Waals surface area contributed by atoms with Gasteiger partial charge in [0.1, 0.15) is 11.3 Å². The quantitative estimate of drug-likeness (QED) is 0.838. The highest BCUT2D eigenvalue weighted by molar-refractivity contribution is 7.99. The first-order valence-corrected chi connectivity index (χ1v) is 8.90. The fraction of sp³-hybridized carbons (Fsp3) is 0.625. The van der Waals surface area contributed by atoms with E-state index in [0.717, 1.165) is 25.0 Å². The maximum atomic E-state index is 12.4. The van der Waals surface area contributed by atoms with Gasteiger partial charge in [-0.1, -0.05) is 26.7 Å². The number of carboxylic acid groups (broad SMARTS) is 1. The molecule has 1 amide bonds. The molecule has 0 spiro atoms. The molecule has 1 heterocycles. The van der Waals surface area contributed by atoms with E-state index in [1.54, 1.807) is 0 Å². The standard InChI is InChI=1S/C16H23NO4S/c1-3-12-10(16(19)20)9-13(21-12)15(18)17-11-7-5-6-8-14(11)22-4-2/h9,11,14H,3-8H2,1-2H3,(H,17,18)(H,19,20). The van der Waals surface area contributed by atoms with E-state index in [4.69, 9.17) is 9.52 Å². The van der Waals surface area contributed by atoms with E-state index >= 15 is 0 Å². The summed E-state index contributed by atoms with van der Waals surface area (Å²) >= 11 is 1.88. The fourth-order valence-electron chi connectivity index (χ4n) is 2.90. The minimum Gasteiger partial charge on any atom is -0.478 e. The second-order valence-corrected chi connectivity index (χ2v) is 6.98. The van der Waals surface area contributed by atoms with Crippen molar-refractivity contribution in [1.82, 2.24) is 5.32 Å². The largest absolute Gasteiger partial charge is 0.478 e. The van der Waals surface area contributed by atoms with Crippen LogP contribution in [0.15, 0.2) is 10.5 Å². The number of nitrogens with one attached hydrogen (secondary N) is 1. The number of thioether (sulfide) groups is 1. The Morgan fingerprint density at radius 2 is 2.09 bits per heavy atom. The van der Waals surface area contributed by atoms with Crippen molar-refractivity contribution in [3.63, 3.8) is 0 Å². The number of hydrogen-bond donors (Lipinski definition) is 2. The molecule has 1 aliphatic carbocycles. The first-order chi connectivity index (χ1) is 10.6. The molecule has 0 aliphatic heterocycles. The number of carboxylic acids is 1. The van der Waals surface area contributed by atoms with E-state index in [2.05, 4.69) is 12.2 Å². The Labute approximate surface area is 134 Å². The first-order valence-electron chi connectivity index (χ1n) is 7.85. The van der Waals surface area contributed by atoms with E-state index in [9.17, 15) is 9.59 Å².